The highest BCUT2D eigenvalue weighted by atomic mass is 35.5. The second kappa shape index (κ2) is 6.68. The first kappa shape index (κ1) is 13.3. The van der Waals surface area contributed by atoms with Gasteiger partial charge in [-0.1, -0.05) is 18.2 Å². The topological polar surface area (TPSA) is 23.5 Å². The minimum atomic E-state index is 0. The molecule has 1 N–H and O–H groups in total. The van der Waals surface area contributed by atoms with Crippen LogP contribution in [0.15, 0.2) is 24.3 Å². The van der Waals surface area contributed by atoms with Crippen molar-refractivity contribution in [3.8, 4) is 5.75 Å². The van der Waals surface area contributed by atoms with Crippen LogP contribution in [0.25, 0.3) is 0 Å². The summed E-state index contributed by atoms with van der Waals surface area (Å²) >= 11 is 0. The Morgan fingerprint density at radius 1 is 1.21 bits per heavy atom. The molecule has 1 aromatic carbocycles. The summed E-state index contributed by atoms with van der Waals surface area (Å²) in [6.07, 6.45) is 2.04. The molecule has 0 saturated carbocycles. The van der Waals surface area contributed by atoms with E-state index in [0.717, 1.165) is 24.9 Å². The van der Waals surface area contributed by atoms with Crippen molar-refractivity contribution in [3.63, 3.8) is 0 Å². The van der Waals surface area contributed by atoms with Crippen molar-refractivity contribution < 1.29 is 5.11 Å². The van der Waals surface area contributed by atoms with Crippen LogP contribution < -0.4 is 0 Å². The molecule has 1 rings (SSSR count). The van der Waals surface area contributed by atoms with E-state index in [1.165, 1.54) is 0 Å². The van der Waals surface area contributed by atoms with E-state index in [-0.39, 0.29) is 12.4 Å². The van der Waals surface area contributed by atoms with Crippen molar-refractivity contribution in [2.45, 2.75) is 12.8 Å². The molecule has 0 aromatic heterocycles. The highest BCUT2D eigenvalue weighted by Crippen LogP contribution is 2.16. The smallest absolute Gasteiger partial charge is 0.118 e. The number of para-hydroxylation sites is 1. The lowest BCUT2D eigenvalue weighted by atomic mass is 10.1. The lowest BCUT2D eigenvalue weighted by molar-refractivity contribution is 0.397. The van der Waals surface area contributed by atoms with Crippen LogP contribution in [-0.2, 0) is 6.42 Å². The summed E-state index contributed by atoms with van der Waals surface area (Å²) in [6.45, 7) is 1.06. The van der Waals surface area contributed by atoms with Gasteiger partial charge in [-0.3, -0.25) is 0 Å². The van der Waals surface area contributed by atoms with Crippen LogP contribution in [-0.4, -0.2) is 30.6 Å². The average Bonchev–Trinajstić information content (AvgIpc) is 2.08. The third kappa shape index (κ3) is 4.49. The van der Waals surface area contributed by atoms with Crippen molar-refractivity contribution in [2.75, 3.05) is 20.6 Å². The molecule has 0 saturated heterocycles. The second-order valence-electron chi connectivity index (χ2n) is 3.54. The Hall–Kier alpha value is -0.730. The van der Waals surface area contributed by atoms with Crippen LogP contribution in [0.5, 0.6) is 5.75 Å². The van der Waals surface area contributed by atoms with Crippen molar-refractivity contribution in [1.82, 2.24) is 4.90 Å². The zero-order valence-electron chi connectivity index (χ0n) is 8.73. The number of aromatic hydroxyl groups is 1. The first-order valence-electron chi connectivity index (χ1n) is 4.62. The Morgan fingerprint density at radius 2 is 1.86 bits per heavy atom. The number of phenols is 1. The normalized spacial score (nSPS) is 9.93. The Labute approximate surface area is 92.0 Å². The van der Waals surface area contributed by atoms with Crippen LogP contribution >= 0.6 is 12.4 Å². The highest BCUT2D eigenvalue weighted by molar-refractivity contribution is 5.85. The molecule has 0 amide bonds. The molecule has 0 fully saturated rings. The molecule has 3 heteroatoms. The molecule has 0 unspecified atom stereocenters. The Bertz CT molecular complexity index is 263. The predicted octanol–water partition coefficient (Wildman–Crippen LogP) is 2.31. The van der Waals surface area contributed by atoms with Gasteiger partial charge >= 0.3 is 0 Å². The summed E-state index contributed by atoms with van der Waals surface area (Å²) in [5, 5.41) is 9.46. The lowest BCUT2D eigenvalue weighted by Gasteiger charge is -2.09. The van der Waals surface area contributed by atoms with Gasteiger partial charge < -0.3 is 10.0 Å². The van der Waals surface area contributed by atoms with Crippen LogP contribution in [0.2, 0.25) is 0 Å². The van der Waals surface area contributed by atoms with E-state index in [4.69, 9.17) is 0 Å². The fourth-order valence-corrected chi connectivity index (χ4v) is 1.31. The van der Waals surface area contributed by atoms with Crippen LogP contribution in [0.4, 0.5) is 0 Å². The molecule has 0 spiro atoms. The average molecular weight is 216 g/mol. The number of halogens is 1. The van der Waals surface area contributed by atoms with Gasteiger partial charge in [-0.25, -0.2) is 0 Å². The van der Waals surface area contributed by atoms with E-state index >= 15 is 0 Å². The van der Waals surface area contributed by atoms with Gasteiger partial charge in [0.15, 0.2) is 0 Å². The monoisotopic (exact) mass is 215 g/mol. The maximum atomic E-state index is 9.46. The fourth-order valence-electron chi connectivity index (χ4n) is 1.31. The van der Waals surface area contributed by atoms with Crippen LogP contribution in [0, 0.1) is 0 Å². The van der Waals surface area contributed by atoms with Gasteiger partial charge in [0.2, 0.25) is 0 Å². The second-order valence-corrected chi connectivity index (χ2v) is 3.54. The van der Waals surface area contributed by atoms with Crippen molar-refractivity contribution >= 4 is 12.4 Å². The Kier molecular flexibility index (Phi) is 6.34. The Morgan fingerprint density at radius 3 is 2.43 bits per heavy atom. The zero-order valence-corrected chi connectivity index (χ0v) is 9.55. The molecule has 14 heavy (non-hydrogen) atoms. The first-order chi connectivity index (χ1) is 6.20. The minimum absolute atomic E-state index is 0. The number of hydrogen-bond acceptors (Lipinski definition) is 2. The van der Waals surface area contributed by atoms with E-state index in [1.54, 1.807) is 6.07 Å². The van der Waals surface area contributed by atoms with Gasteiger partial charge in [0.25, 0.3) is 0 Å². The van der Waals surface area contributed by atoms with E-state index in [0.29, 0.717) is 5.75 Å². The third-order valence-electron chi connectivity index (χ3n) is 2.04. The van der Waals surface area contributed by atoms with Gasteiger partial charge in [0, 0.05) is 0 Å². The molecule has 0 aliphatic heterocycles. The van der Waals surface area contributed by atoms with Gasteiger partial charge in [-0.15, -0.1) is 12.4 Å². The first-order valence-corrected chi connectivity index (χ1v) is 4.62. The predicted molar refractivity (Wildman–Crippen MR) is 62.2 cm³/mol. The molecule has 0 heterocycles. The molecule has 0 bridgehead atoms. The minimum Gasteiger partial charge on any atom is -0.508 e. The molecule has 80 valence electrons. The maximum absolute atomic E-state index is 9.46. The van der Waals surface area contributed by atoms with E-state index in [9.17, 15) is 5.11 Å². The molecular formula is C11H18ClNO. The number of phenolic OH excluding ortho intramolecular Hbond substituents is 1. The summed E-state index contributed by atoms with van der Waals surface area (Å²) in [5.41, 5.74) is 1.05. The highest BCUT2D eigenvalue weighted by Gasteiger charge is 1.98. The van der Waals surface area contributed by atoms with E-state index < -0.39 is 0 Å². The third-order valence-corrected chi connectivity index (χ3v) is 2.04. The fraction of sp³-hybridized carbons (Fsp3) is 0.455. The van der Waals surface area contributed by atoms with E-state index in [2.05, 4.69) is 19.0 Å². The molecule has 0 aliphatic rings. The van der Waals surface area contributed by atoms with Gasteiger partial charge in [-0.2, -0.15) is 0 Å². The van der Waals surface area contributed by atoms with Gasteiger partial charge in [0.1, 0.15) is 5.75 Å². The number of aryl methyl sites for hydroxylation is 1. The van der Waals surface area contributed by atoms with Crippen LogP contribution in [0.1, 0.15) is 12.0 Å². The summed E-state index contributed by atoms with van der Waals surface area (Å²) in [5.74, 6) is 0.418. The molecule has 2 nitrogen and oxygen atoms in total. The van der Waals surface area contributed by atoms with Crippen molar-refractivity contribution in [2.24, 2.45) is 0 Å². The molecule has 1 aromatic rings. The standard InChI is InChI=1S/C11H17NO.ClH/c1-12(2)9-5-7-10-6-3-4-8-11(10)13;/h3-4,6,8,13H,5,7,9H2,1-2H3;1H. The summed E-state index contributed by atoms with van der Waals surface area (Å²) in [6, 6.07) is 7.53. The SMILES string of the molecule is CN(C)CCCc1ccccc1O.Cl. The van der Waals surface area contributed by atoms with Crippen molar-refractivity contribution in [3.05, 3.63) is 29.8 Å². The Balaban J connectivity index is 0.00000169. The number of hydrogen-bond donors (Lipinski definition) is 1. The zero-order chi connectivity index (χ0) is 9.68. The largest absolute Gasteiger partial charge is 0.508 e. The molecule has 0 aliphatic carbocycles. The van der Waals surface area contributed by atoms with E-state index in [1.807, 2.05) is 18.2 Å². The van der Waals surface area contributed by atoms with Crippen LogP contribution in [0.3, 0.4) is 0 Å². The van der Waals surface area contributed by atoms with Crippen molar-refractivity contribution in [1.29, 1.82) is 0 Å². The summed E-state index contributed by atoms with van der Waals surface area (Å²) in [7, 11) is 4.12. The van der Waals surface area contributed by atoms with Gasteiger partial charge in [-0.05, 0) is 45.1 Å². The lowest BCUT2D eigenvalue weighted by Crippen LogP contribution is -2.13. The summed E-state index contributed by atoms with van der Waals surface area (Å²) < 4.78 is 0. The molecule has 0 radical (unpaired) electrons. The summed E-state index contributed by atoms with van der Waals surface area (Å²) in [4.78, 5) is 2.15. The molecular weight excluding hydrogens is 198 g/mol. The molecule has 0 atom stereocenters. The quantitative estimate of drug-likeness (QED) is 0.834. The number of nitrogens with zero attached hydrogens (tertiary/aromatic N) is 1. The maximum Gasteiger partial charge on any atom is 0.118 e. The number of benzene rings is 1. The van der Waals surface area contributed by atoms with Gasteiger partial charge in [0.05, 0.1) is 0 Å². The number of rotatable bonds is 4.